The van der Waals surface area contributed by atoms with Crippen LogP contribution in [0.2, 0.25) is 0 Å². The molecule has 1 N–H and O–H groups in total. The van der Waals surface area contributed by atoms with E-state index in [1.807, 2.05) is 29.6 Å². The van der Waals surface area contributed by atoms with E-state index in [2.05, 4.69) is 33.5 Å². The Kier molecular flexibility index (Phi) is 3.75. The van der Waals surface area contributed by atoms with E-state index in [0.717, 1.165) is 28.0 Å². The standard InChI is InChI=1S/C15H13N5S/c1-2-11(15-17-7-8-21-15)18-14-10-5-3-4-6-12(10)19-20-13(14)9-16/h3-8,11H,2H2,1H3,(H,18,19). The number of aromatic nitrogens is 3. The van der Waals surface area contributed by atoms with Crippen LogP contribution in [-0.4, -0.2) is 15.2 Å². The van der Waals surface area contributed by atoms with Gasteiger partial charge in [0.1, 0.15) is 11.1 Å². The van der Waals surface area contributed by atoms with Crippen molar-refractivity contribution in [2.75, 3.05) is 5.32 Å². The highest BCUT2D eigenvalue weighted by molar-refractivity contribution is 7.09. The highest BCUT2D eigenvalue weighted by Gasteiger charge is 2.17. The Morgan fingerprint density at radius 2 is 2.19 bits per heavy atom. The van der Waals surface area contributed by atoms with Crippen molar-refractivity contribution in [2.45, 2.75) is 19.4 Å². The molecule has 0 fully saturated rings. The van der Waals surface area contributed by atoms with E-state index in [4.69, 9.17) is 0 Å². The number of hydrogen-bond donors (Lipinski definition) is 1. The van der Waals surface area contributed by atoms with E-state index in [0.29, 0.717) is 5.69 Å². The first kappa shape index (κ1) is 13.5. The molecule has 0 saturated carbocycles. The van der Waals surface area contributed by atoms with Crippen LogP contribution in [0.4, 0.5) is 5.69 Å². The van der Waals surface area contributed by atoms with Crippen LogP contribution < -0.4 is 5.32 Å². The minimum Gasteiger partial charge on any atom is -0.373 e. The molecule has 1 unspecified atom stereocenters. The number of nitrogens with zero attached hydrogens (tertiary/aromatic N) is 4. The maximum absolute atomic E-state index is 9.29. The molecule has 0 aliphatic heterocycles. The molecule has 3 aromatic rings. The molecule has 1 atom stereocenters. The molecule has 0 radical (unpaired) electrons. The molecule has 3 rings (SSSR count). The lowest BCUT2D eigenvalue weighted by molar-refractivity contribution is 0.741. The third kappa shape index (κ3) is 2.56. The van der Waals surface area contributed by atoms with Gasteiger partial charge in [-0.15, -0.1) is 21.5 Å². The summed E-state index contributed by atoms with van der Waals surface area (Å²) in [4.78, 5) is 4.36. The number of nitrogens with one attached hydrogen (secondary N) is 1. The van der Waals surface area contributed by atoms with Crippen molar-refractivity contribution in [1.82, 2.24) is 15.2 Å². The van der Waals surface area contributed by atoms with Crippen LogP contribution in [0.25, 0.3) is 10.9 Å². The average Bonchev–Trinajstić information content (AvgIpc) is 3.06. The second-order valence-corrected chi connectivity index (χ2v) is 5.45. The van der Waals surface area contributed by atoms with Gasteiger partial charge in [-0.1, -0.05) is 25.1 Å². The summed E-state index contributed by atoms with van der Waals surface area (Å²) in [5, 5.41) is 24.6. The largest absolute Gasteiger partial charge is 0.373 e. The fraction of sp³-hybridized carbons (Fsp3) is 0.200. The molecule has 21 heavy (non-hydrogen) atoms. The van der Waals surface area contributed by atoms with Crippen LogP contribution in [0.15, 0.2) is 35.8 Å². The molecule has 6 heteroatoms. The molecule has 0 aliphatic carbocycles. The van der Waals surface area contributed by atoms with Gasteiger partial charge in [-0.3, -0.25) is 0 Å². The van der Waals surface area contributed by atoms with Crippen molar-refractivity contribution in [3.05, 3.63) is 46.5 Å². The summed E-state index contributed by atoms with van der Waals surface area (Å²) in [6.45, 7) is 2.09. The van der Waals surface area contributed by atoms with E-state index in [1.165, 1.54) is 0 Å². The predicted molar refractivity (Wildman–Crippen MR) is 83.0 cm³/mol. The van der Waals surface area contributed by atoms with Gasteiger partial charge in [0, 0.05) is 17.0 Å². The number of benzene rings is 1. The van der Waals surface area contributed by atoms with Gasteiger partial charge in [0.15, 0.2) is 5.69 Å². The third-order valence-corrected chi connectivity index (χ3v) is 4.14. The molecule has 0 amide bonds. The molecule has 0 aliphatic rings. The molecule has 104 valence electrons. The molecule has 0 spiro atoms. The van der Waals surface area contributed by atoms with Gasteiger partial charge in [0.25, 0.3) is 0 Å². The van der Waals surface area contributed by atoms with E-state index < -0.39 is 0 Å². The Morgan fingerprint density at radius 1 is 1.33 bits per heavy atom. The minimum atomic E-state index is 0.0599. The van der Waals surface area contributed by atoms with Gasteiger partial charge < -0.3 is 5.32 Å². The summed E-state index contributed by atoms with van der Waals surface area (Å²) in [6.07, 6.45) is 2.66. The SMILES string of the molecule is CCC(Nc1c(C#N)nnc2ccccc12)c1nccs1. The Hall–Kier alpha value is -2.52. The van der Waals surface area contributed by atoms with Crippen molar-refractivity contribution in [3.8, 4) is 6.07 Å². The summed E-state index contributed by atoms with van der Waals surface area (Å²) in [5.41, 5.74) is 1.81. The number of nitriles is 1. The normalized spacial score (nSPS) is 12.0. The number of fused-ring (bicyclic) bond motifs is 1. The third-order valence-electron chi connectivity index (χ3n) is 3.25. The zero-order valence-corrected chi connectivity index (χ0v) is 12.3. The van der Waals surface area contributed by atoms with Crippen molar-refractivity contribution in [1.29, 1.82) is 5.26 Å². The molecular weight excluding hydrogens is 282 g/mol. The number of rotatable bonds is 4. The summed E-state index contributed by atoms with van der Waals surface area (Å²) in [5.74, 6) is 0. The summed E-state index contributed by atoms with van der Waals surface area (Å²) in [6, 6.07) is 9.84. The molecule has 2 heterocycles. The first-order valence-electron chi connectivity index (χ1n) is 6.65. The lowest BCUT2D eigenvalue weighted by atomic mass is 10.1. The van der Waals surface area contributed by atoms with Gasteiger partial charge in [0.2, 0.25) is 0 Å². The van der Waals surface area contributed by atoms with Gasteiger partial charge >= 0.3 is 0 Å². The van der Waals surface area contributed by atoms with Crippen molar-refractivity contribution >= 4 is 27.9 Å². The van der Waals surface area contributed by atoms with Crippen molar-refractivity contribution in [3.63, 3.8) is 0 Å². The lowest BCUT2D eigenvalue weighted by Crippen LogP contribution is -2.12. The van der Waals surface area contributed by atoms with Gasteiger partial charge in [0.05, 0.1) is 17.2 Å². The maximum Gasteiger partial charge on any atom is 0.186 e. The van der Waals surface area contributed by atoms with Crippen LogP contribution in [-0.2, 0) is 0 Å². The van der Waals surface area contributed by atoms with Gasteiger partial charge in [-0.2, -0.15) is 5.26 Å². The van der Waals surface area contributed by atoms with Crippen LogP contribution in [0.3, 0.4) is 0 Å². The van der Waals surface area contributed by atoms with Crippen LogP contribution in [0.1, 0.15) is 30.1 Å². The highest BCUT2D eigenvalue weighted by atomic mass is 32.1. The Labute approximate surface area is 126 Å². The predicted octanol–water partition coefficient (Wildman–Crippen LogP) is 3.52. The van der Waals surface area contributed by atoms with E-state index >= 15 is 0 Å². The topological polar surface area (TPSA) is 74.5 Å². The second kappa shape index (κ2) is 5.85. The fourth-order valence-corrected chi connectivity index (χ4v) is 2.97. The van der Waals surface area contributed by atoms with Crippen LogP contribution >= 0.6 is 11.3 Å². The summed E-state index contributed by atoms with van der Waals surface area (Å²) < 4.78 is 0. The molecule has 5 nitrogen and oxygen atoms in total. The van der Waals surface area contributed by atoms with Crippen molar-refractivity contribution in [2.24, 2.45) is 0 Å². The molecule has 1 aromatic carbocycles. The maximum atomic E-state index is 9.29. The van der Waals surface area contributed by atoms with E-state index in [-0.39, 0.29) is 6.04 Å². The number of anilines is 1. The summed E-state index contributed by atoms with van der Waals surface area (Å²) in [7, 11) is 0. The Balaban J connectivity index is 2.08. The molecule has 0 bridgehead atoms. The van der Waals surface area contributed by atoms with E-state index in [9.17, 15) is 5.26 Å². The average molecular weight is 295 g/mol. The van der Waals surface area contributed by atoms with Crippen LogP contribution in [0, 0.1) is 11.3 Å². The number of thiazole rings is 1. The lowest BCUT2D eigenvalue weighted by Gasteiger charge is -2.17. The molecule has 2 aromatic heterocycles. The minimum absolute atomic E-state index is 0.0599. The molecule has 0 saturated heterocycles. The highest BCUT2D eigenvalue weighted by Crippen LogP contribution is 2.30. The summed E-state index contributed by atoms with van der Waals surface area (Å²) >= 11 is 1.60. The molecular formula is C15H13N5S. The monoisotopic (exact) mass is 295 g/mol. The smallest absolute Gasteiger partial charge is 0.186 e. The fourth-order valence-electron chi connectivity index (χ4n) is 2.20. The Bertz CT molecular complexity index is 791. The van der Waals surface area contributed by atoms with Crippen LogP contribution in [0.5, 0.6) is 0 Å². The van der Waals surface area contributed by atoms with Crippen molar-refractivity contribution < 1.29 is 0 Å². The first-order chi connectivity index (χ1) is 10.3. The van der Waals surface area contributed by atoms with E-state index in [1.54, 1.807) is 17.5 Å². The second-order valence-electron chi connectivity index (χ2n) is 4.53. The zero-order chi connectivity index (χ0) is 14.7. The first-order valence-corrected chi connectivity index (χ1v) is 7.53. The number of hydrogen-bond acceptors (Lipinski definition) is 6. The zero-order valence-electron chi connectivity index (χ0n) is 11.4. The van der Waals surface area contributed by atoms with Gasteiger partial charge in [-0.25, -0.2) is 4.98 Å². The quantitative estimate of drug-likeness (QED) is 0.797. The Morgan fingerprint density at radius 3 is 2.90 bits per heavy atom. The van der Waals surface area contributed by atoms with Gasteiger partial charge in [-0.05, 0) is 12.5 Å².